The number of halogens is 1. The quantitative estimate of drug-likeness (QED) is 0.803. The summed E-state index contributed by atoms with van der Waals surface area (Å²) in [4.78, 5) is 17.7. The minimum absolute atomic E-state index is 0.0102. The van der Waals surface area contributed by atoms with Crippen molar-refractivity contribution in [2.45, 2.75) is 19.4 Å². The molecular weight excluding hydrogens is 386 g/mol. The van der Waals surface area contributed by atoms with Gasteiger partial charge < -0.3 is 15.0 Å². The lowest BCUT2D eigenvalue weighted by molar-refractivity contribution is -0.121. The van der Waals surface area contributed by atoms with Crippen molar-refractivity contribution < 1.29 is 9.53 Å². The Kier molecular flexibility index (Phi) is 6.70. The fourth-order valence-corrected chi connectivity index (χ4v) is 4.51. The molecule has 1 amide bonds. The highest BCUT2D eigenvalue weighted by Crippen LogP contribution is 2.35. The first kappa shape index (κ1) is 20.2. The molecule has 2 saturated heterocycles. The number of ether oxygens (including phenoxy) is 1. The Hall–Kier alpha value is -2.08. The van der Waals surface area contributed by atoms with Gasteiger partial charge in [0.1, 0.15) is 0 Å². The Labute approximate surface area is 177 Å². The normalized spacial score (nSPS) is 20.4. The first-order valence-electron chi connectivity index (χ1n) is 10.4. The molecule has 1 unspecified atom stereocenters. The van der Waals surface area contributed by atoms with Gasteiger partial charge in [-0.3, -0.25) is 9.69 Å². The van der Waals surface area contributed by atoms with E-state index in [4.69, 9.17) is 16.3 Å². The van der Waals surface area contributed by atoms with Crippen LogP contribution < -0.4 is 10.2 Å². The fourth-order valence-electron chi connectivity index (χ4n) is 4.21. The van der Waals surface area contributed by atoms with Crippen LogP contribution in [-0.2, 0) is 16.1 Å². The molecule has 6 heteroatoms. The molecule has 1 atom stereocenters. The molecule has 1 N–H and O–H groups in total. The van der Waals surface area contributed by atoms with E-state index >= 15 is 0 Å². The number of benzene rings is 2. The maximum absolute atomic E-state index is 13.1. The summed E-state index contributed by atoms with van der Waals surface area (Å²) in [7, 11) is 0. The van der Waals surface area contributed by atoms with Crippen molar-refractivity contribution in [1.82, 2.24) is 4.90 Å². The zero-order valence-corrected chi connectivity index (χ0v) is 17.4. The summed E-state index contributed by atoms with van der Waals surface area (Å²) < 4.78 is 5.46. The summed E-state index contributed by atoms with van der Waals surface area (Å²) in [5.41, 5.74) is 2.99. The van der Waals surface area contributed by atoms with Crippen molar-refractivity contribution in [3.63, 3.8) is 0 Å². The van der Waals surface area contributed by atoms with Crippen LogP contribution in [-0.4, -0.2) is 50.2 Å². The Morgan fingerprint density at radius 3 is 2.66 bits per heavy atom. The Bertz CT molecular complexity index is 824. The highest BCUT2D eigenvalue weighted by molar-refractivity contribution is 6.34. The highest BCUT2D eigenvalue weighted by atomic mass is 35.5. The van der Waals surface area contributed by atoms with Gasteiger partial charge in [0.2, 0.25) is 5.91 Å². The summed E-state index contributed by atoms with van der Waals surface area (Å²) in [5.74, 6) is 0.0727. The van der Waals surface area contributed by atoms with E-state index in [1.54, 1.807) is 0 Å². The number of morpholine rings is 1. The molecule has 0 aliphatic carbocycles. The highest BCUT2D eigenvalue weighted by Gasteiger charge is 2.27. The number of rotatable bonds is 5. The molecule has 154 valence electrons. The summed E-state index contributed by atoms with van der Waals surface area (Å²) in [6.45, 7) is 5.62. The van der Waals surface area contributed by atoms with Gasteiger partial charge in [0.05, 0.1) is 35.5 Å². The van der Waals surface area contributed by atoms with E-state index in [1.165, 1.54) is 5.56 Å². The maximum atomic E-state index is 13.1. The van der Waals surface area contributed by atoms with Crippen molar-refractivity contribution in [2.75, 3.05) is 49.6 Å². The van der Waals surface area contributed by atoms with Crippen LogP contribution in [0.2, 0.25) is 5.02 Å². The monoisotopic (exact) mass is 413 g/mol. The molecule has 0 saturated carbocycles. The molecule has 0 bridgehead atoms. The van der Waals surface area contributed by atoms with Crippen LogP contribution in [0.5, 0.6) is 0 Å². The lowest BCUT2D eigenvalue weighted by atomic mass is 9.96. The fraction of sp³-hybridized carbons (Fsp3) is 0.435. The molecule has 2 aromatic carbocycles. The second-order valence-corrected chi connectivity index (χ2v) is 8.19. The van der Waals surface area contributed by atoms with Crippen molar-refractivity contribution in [1.29, 1.82) is 0 Å². The standard InChI is InChI=1S/C23H28ClN3O2/c24-20-9-4-10-21(22(20)27-12-14-29-15-13-27)25-23(28)19-8-5-11-26(17-19)16-18-6-2-1-3-7-18/h1-4,6-7,9-10,19H,5,8,11-17H2,(H,25,28). The minimum Gasteiger partial charge on any atom is -0.378 e. The van der Waals surface area contributed by atoms with E-state index in [2.05, 4.69) is 39.4 Å². The number of para-hydroxylation sites is 1. The van der Waals surface area contributed by atoms with Gasteiger partial charge in [-0.25, -0.2) is 0 Å². The lowest BCUT2D eigenvalue weighted by Gasteiger charge is -2.33. The lowest BCUT2D eigenvalue weighted by Crippen LogP contribution is -2.41. The summed E-state index contributed by atoms with van der Waals surface area (Å²) in [6.07, 6.45) is 1.96. The molecule has 29 heavy (non-hydrogen) atoms. The van der Waals surface area contributed by atoms with Crippen LogP contribution in [0.3, 0.4) is 0 Å². The number of anilines is 2. The molecule has 2 aliphatic heterocycles. The summed E-state index contributed by atoms with van der Waals surface area (Å²) in [5, 5.41) is 3.84. The van der Waals surface area contributed by atoms with Gasteiger partial charge in [-0.05, 0) is 37.1 Å². The van der Waals surface area contributed by atoms with Gasteiger partial charge in [0.25, 0.3) is 0 Å². The van der Waals surface area contributed by atoms with Crippen LogP contribution in [0.1, 0.15) is 18.4 Å². The number of piperidine rings is 1. The summed E-state index contributed by atoms with van der Waals surface area (Å²) in [6, 6.07) is 16.2. The number of hydrogen-bond donors (Lipinski definition) is 1. The summed E-state index contributed by atoms with van der Waals surface area (Å²) >= 11 is 6.50. The van der Waals surface area contributed by atoms with E-state index in [-0.39, 0.29) is 11.8 Å². The van der Waals surface area contributed by atoms with Gasteiger partial charge >= 0.3 is 0 Å². The van der Waals surface area contributed by atoms with E-state index in [9.17, 15) is 4.79 Å². The third-order valence-electron chi connectivity index (χ3n) is 5.70. The third-order valence-corrected chi connectivity index (χ3v) is 6.00. The Balaban J connectivity index is 1.43. The SMILES string of the molecule is O=C(Nc1cccc(Cl)c1N1CCOCC1)C1CCCN(Cc2ccccc2)C1. The predicted molar refractivity (Wildman–Crippen MR) is 118 cm³/mol. The predicted octanol–water partition coefficient (Wildman–Crippen LogP) is 4.03. The van der Waals surface area contributed by atoms with Gasteiger partial charge in [-0.2, -0.15) is 0 Å². The average molecular weight is 414 g/mol. The number of nitrogens with one attached hydrogen (secondary N) is 1. The van der Waals surface area contributed by atoms with Crippen molar-refractivity contribution in [3.8, 4) is 0 Å². The largest absolute Gasteiger partial charge is 0.378 e. The molecule has 5 nitrogen and oxygen atoms in total. The van der Waals surface area contributed by atoms with Gasteiger partial charge in [0, 0.05) is 26.2 Å². The minimum atomic E-state index is -0.0102. The second kappa shape index (κ2) is 9.61. The number of hydrogen-bond acceptors (Lipinski definition) is 4. The first-order valence-corrected chi connectivity index (χ1v) is 10.8. The van der Waals surface area contributed by atoms with Crippen molar-refractivity contribution in [2.24, 2.45) is 5.92 Å². The molecule has 0 spiro atoms. The number of nitrogens with zero attached hydrogens (tertiary/aromatic N) is 2. The van der Waals surface area contributed by atoms with Crippen LogP contribution in [0.4, 0.5) is 11.4 Å². The number of amides is 1. The van der Waals surface area contributed by atoms with E-state index in [0.717, 1.165) is 56.9 Å². The number of carbonyl (C=O) groups excluding carboxylic acids is 1. The number of carbonyl (C=O) groups is 1. The third kappa shape index (κ3) is 5.10. The van der Waals surface area contributed by atoms with Crippen molar-refractivity contribution in [3.05, 3.63) is 59.1 Å². The van der Waals surface area contributed by atoms with E-state index in [1.807, 2.05) is 24.3 Å². The maximum Gasteiger partial charge on any atom is 0.228 e. The zero-order valence-electron chi connectivity index (χ0n) is 16.6. The van der Waals surface area contributed by atoms with E-state index < -0.39 is 0 Å². The van der Waals surface area contributed by atoms with Crippen LogP contribution in [0.15, 0.2) is 48.5 Å². The molecular formula is C23H28ClN3O2. The zero-order chi connectivity index (χ0) is 20.1. The molecule has 0 radical (unpaired) electrons. The van der Waals surface area contributed by atoms with Crippen LogP contribution in [0.25, 0.3) is 0 Å². The molecule has 4 rings (SSSR count). The topological polar surface area (TPSA) is 44.8 Å². The van der Waals surface area contributed by atoms with Gasteiger partial charge in [-0.15, -0.1) is 0 Å². The average Bonchev–Trinajstić information content (AvgIpc) is 2.75. The molecule has 2 aromatic rings. The van der Waals surface area contributed by atoms with Gasteiger partial charge in [0.15, 0.2) is 0 Å². The van der Waals surface area contributed by atoms with Crippen LogP contribution in [0, 0.1) is 5.92 Å². The van der Waals surface area contributed by atoms with Crippen LogP contribution >= 0.6 is 11.6 Å². The molecule has 0 aromatic heterocycles. The Morgan fingerprint density at radius 1 is 1.07 bits per heavy atom. The Morgan fingerprint density at radius 2 is 1.86 bits per heavy atom. The van der Waals surface area contributed by atoms with Gasteiger partial charge in [-0.1, -0.05) is 48.0 Å². The molecule has 2 aliphatic rings. The smallest absolute Gasteiger partial charge is 0.228 e. The van der Waals surface area contributed by atoms with Crippen molar-refractivity contribution >= 4 is 28.9 Å². The molecule has 2 heterocycles. The first-order chi connectivity index (χ1) is 14.2. The number of likely N-dealkylation sites (tertiary alicyclic amines) is 1. The molecule has 2 fully saturated rings. The van der Waals surface area contributed by atoms with E-state index in [0.29, 0.717) is 18.2 Å². The second-order valence-electron chi connectivity index (χ2n) is 7.78.